The first-order valence-corrected chi connectivity index (χ1v) is 10.7. The fourth-order valence-corrected chi connectivity index (χ4v) is 4.38. The second-order valence-corrected chi connectivity index (χ2v) is 8.61. The number of rotatable bonds is 6. The second-order valence-electron chi connectivity index (χ2n) is 8.61. The summed E-state index contributed by atoms with van der Waals surface area (Å²) in [6.07, 6.45) is -7.06. The van der Waals surface area contributed by atoms with E-state index in [1.165, 1.54) is 33.1 Å². The van der Waals surface area contributed by atoms with E-state index in [0.717, 1.165) is 25.3 Å². The second kappa shape index (κ2) is 9.59. The molecule has 0 radical (unpaired) electrons. The molecule has 2 heterocycles. The zero-order chi connectivity index (χ0) is 26.3. The molecule has 0 spiro atoms. The maximum atomic E-state index is 14.1. The number of methoxy groups -OCH3 is 1. The summed E-state index contributed by atoms with van der Waals surface area (Å²) in [7, 11) is 1.25. The summed E-state index contributed by atoms with van der Waals surface area (Å²) in [5.74, 6) is -4.03. The van der Waals surface area contributed by atoms with Gasteiger partial charge in [0.05, 0.1) is 13.7 Å². The molecule has 1 aromatic carbocycles. The van der Waals surface area contributed by atoms with Crippen molar-refractivity contribution >= 4 is 11.6 Å². The van der Waals surface area contributed by atoms with Crippen molar-refractivity contribution in [2.24, 2.45) is 5.92 Å². The molecule has 0 unspecified atom stereocenters. The van der Waals surface area contributed by atoms with Crippen LogP contribution in [0.15, 0.2) is 30.5 Å². The minimum absolute atomic E-state index is 0.00872. The zero-order valence-electron chi connectivity index (χ0n) is 19.4. The number of nitrogens with one attached hydrogen (secondary N) is 1. The van der Waals surface area contributed by atoms with Gasteiger partial charge in [0.1, 0.15) is 23.4 Å². The van der Waals surface area contributed by atoms with Crippen LogP contribution in [0, 0.1) is 23.9 Å². The van der Waals surface area contributed by atoms with E-state index in [0.29, 0.717) is 0 Å². The monoisotopic (exact) mass is 502 g/mol. The van der Waals surface area contributed by atoms with Crippen LogP contribution < -0.4 is 14.8 Å². The standard InChI is InChI=1S/C23H26F4N2O6/c1-11-15(24)7-6-14(19(11)34-4)18-12(2)22(3,23(25,26)27)35-20(18)21(32)28-13-5-8-16(17(31)10-30)29(33)9-13/h5-9,12,17-18,20,30-31H,10H2,1-4H3,(H,28,32)/t12-,17+,18-,20+,22+/m0/s1. The molecule has 1 fully saturated rings. The Kier molecular flexibility index (Phi) is 7.30. The lowest BCUT2D eigenvalue weighted by Crippen LogP contribution is -2.47. The normalized spacial score (nSPS) is 25.4. The number of halogens is 4. The van der Waals surface area contributed by atoms with Crippen LogP contribution in [-0.2, 0) is 9.53 Å². The Morgan fingerprint density at radius 1 is 1.34 bits per heavy atom. The molecule has 0 bridgehead atoms. The highest BCUT2D eigenvalue weighted by atomic mass is 19.4. The van der Waals surface area contributed by atoms with Gasteiger partial charge in [0.15, 0.2) is 11.7 Å². The first-order valence-electron chi connectivity index (χ1n) is 10.7. The number of ether oxygens (including phenoxy) is 2. The molecule has 8 nitrogen and oxygen atoms in total. The van der Waals surface area contributed by atoms with E-state index in [9.17, 15) is 32.7 Å². The summed E-state index contributed by atoms with van der Waals surface area (Å²) in [5.41, 5.74) is -2.72. The van der Waals surface area contributed by atoms with Crippen molar-refractivity contribution in [3.05, 3.63) is 58.3 Å². The fourth-order valence-electron chi connectivity index (χ4n) is 4.38. The number of hydrogen-bond acceptors (Lipinski definition) is 6. The molecule has 1 saturated heterocycles. The van der Waals surface area contributed by atoms with Gasteiger partial charge in [0.25, 0.3) is 5.91 Å². The molecular weight excluding hydrogens is 476 g/mol. The minimum Gasteiger partial charge on any atom is -0.618 e. The molecule has 5 atom stereocenters. The fraction of sp³-hybridized carbons (Fsp3) is 0.478. The van der Waals surface area contributed by atoms with Gasteiger partial charge in [0, 0.05) is 29.0 Å². The number of carbonyl (C=O) groups is 1. The van der Waals surface area contributed by atoms with Gasteiger partial charge in [0.2, 0.25) is 11.9 Å². The highest BCUT2D eigenvalue weighted by Gasteiger charge is 2.65. The highest BCUT2D eigenvalue weighted by molar-refractivity contribution is 5.95. The lowest BCUT2D eigenvalue weighted by molar-refractivity contribution is -0.618. The maximum absolute atomic E-state index is 14.1. The molecule has 1 amide bonds. The minimum atomic E-state index is -4.83. The summed E-state index contributed by atoms with van der Waals surface area (Å²) in [6, 6.07) is 4.76. The summed E-state index contributed by atoms with van der Waals surface area (Å²) in [4.78, 5) is 13.2. The molecule has 192 valence electrons. The van der Waals surface area contributed by atoms with Gasteiger partial charge in [-0.3, -0.25) is 4.79 Å². The predicted octanol–water partition coefficient (Wildman–Crippen LogP) is 2.88. The quantitative estimate of drug-likeness (QED) is 0.318. The molecule has 1 aromatic heterocycles. The van der Waals surface area contributed by atoms with Gasteiger partial charge in [-0.15, -0.1) is 0 Å². The van der Waals surface area contributed by atoms with Gasteiger partial charge in [-0.2, -0.15) is 17.9 Å². The van der Waals surface area contributed by atoms with Gasteiger partial charge >= 0.3 is 6.18 Å². The highest BCUT2D eigenvalue weighted by Crippen LogP contribution is 2.55. The van der Waals surface area contributed by atoms with Crippen molar-refractivity contribution in [2.75, 3.05) is 19.0 Å². The Hall–Kier alpha value is -2.96. The Morgan fingerprint density at radius 2 is 2.00 bits per heavy atom. The number of aliphatic hydroxyl groups is 2. The number of alkyl halides is 3. The predicted molar refractivity (Wildman–Crippen MR) is 115 cm³/mol. The van der Waals surface area contributed by atoms with Crippen LogP contribution in [0.25, 0.3) is 0 Å². The molecule has 1 aliphatic heterocycles. The van der Waals surface area contributed by atoms with Crippen LogP contribution in [-0.4, -0.2) is 47.7 Å². The molecule has 35 heavy (non-hydrogen) atoms. The first-order chi connectivity index (χ1) is 16.3. The average Bonchev–Trinajstić information content (AvgIpc) is 3.07. The van der Waals surface area contributed by atoms with Crippen LogP contribution in [0.3, 0.4) is 0 Å². The van der Waals surface area contributed by atoms with Gasteiger partial charge < -0.3 is 30.2 Å². The molecule has 2 aromatic rings. The molecule has 12 heteroatoms. The van der Waals surface area contributed by atoms with Gasteiger partial charge in [-0.25, -0.2) is 4.39 Å². The molecule has 0 aliphatic carbocycles. The lowest BCUT2D eigenvalue weighted by atomic mass is 9.76. The molecule has 3 rings (SSSR count). The summed E-state index contributed by atoms with van der Waals surface area (Å²) >= 11 is 0. The van der Waals surface area contributed by atoms with Crippen molar-refractivity contribution in [3.8, 4) is 5.75 Å². The van der Waals surface area contributed by atoms with Gasteiger partial charge in [-0.05, 0) is 26.0 Å². The Bertz CT molecular complexity index is 1110. The van der Waals surface area contributed by atoms with E-state index in [-0.39, 0.29) is 33.0 Å². The van der Waals surface area contributed by atoms with Crippen molar-refractivity contribution in [3.63, 3.8) is 0 Å². The third-order valence-corrected chi connectivity index (χ3v) is 6.59. The van der Waals surface area contributed by atoms with Crippen molar-refractivity contribution in [2.45, 2.75) is 50.7 Å². The third-order valence-electron chi connectivity index (χ3n) is 6.59. The number of benzene rings is 1. The number of pyridine rings is 1. The smallest absolute Gasteiger partial charge is 0.417 e. The number of aliphatic hydroxyl groups excluding tert-OH is 2. The zero-order valence-corrected chi connectivity index (χ0v) is 19.4. The largest absolute Gasteiger partial charge is 0.618 e. The number of aromatic nitrogens is 1. The molecule has 0 saturated carbocycles. The Balaban J connectivity index is 2.03. The van der Waals surface area contributed by atoms with E-state index >= 15 is 0 Å². The van der Waals surface area contributed by atoms with E-state index in [1.54, 1.807) is 0 Å². The summed E-state index contributed by atoms with van der Waals surface area (Å²) < 4.78 is 67.1. The third kappa shape index (κ3) is 4.65. The SMILES string of the molecule is COc1c([C@H]2[C@H](C(=O)Nc3ccc([C@H](O)CO)[n+]([O-])c3)O[C@@](C)(C(F)(F)F)[C@H]2C)ccc(F)c1C. The number of amides is 1. The lowest BCUT2D eigenvalue weighted by Gasteiger charge is -2.32. The summed E-state index contributed by atoms with van der Waals surface area (Å²) in [6.45, 7) is 2.83. The van der Waals surface area contributed by atoms with Crippen LogP contribution >= 0.6 is 0 Å². The van der Waals surface area contributed by atoms with Gasteiger partial charge in [-0.1, -0.05) is 13.0 Å². The van der Waals surface area contributed by atoms with Crippen molar-refractivity contribution < 1.29 is 46.8 Å². The maximum Gasteiger partial charge on any atom is 0.417 e. The average molecular weight is 502 g/mol. The van der Waals surface area contributed by atoms with E-state index in [2.05, 4.69) is 5.32 Å². The topological polar surface area (TPSA) is 115 Å². The Labute approximate surface area is 198 Å². The van der Waals surface area contributed by atoms with E-state index in [1.807, 2.05) is 0 Å². The number of carbonyl (C=O) groups excluding carboxylic acids is 1. The molecule has 1 aliphatic rings. The van der Waals surface area contributed by atoms with Crippen LogP contribution in [0.1, 0.15) is 42.7 Å². The Morgan fingerprint density at radius 3 is 2.54 bits per heavy atom. The first kappa shape index (κ1) is 26.6. The number of nitrogens with zero attached hydrogens (tertiary/aromatic N) is 1. The van der Waals surface area contributed by atoms with E-state index < -0.39 is 54.2 Å². The van der Waals surface area contributed by atoms with Crippen LogP contribution in [0.5, 0.6) is 5.75 Å². The van der Waals surface area contributed by atoms with E-state index in [4.69, 9.17) is 14.6 Å². The number of hydrogen-bond donors (Lipinski definition) is 3. The van der Waals surface area contributed by atoms with Crippen molar-refractivity contribution in [1.82, 2.24) is 0 Å². The van der Waals surface area contributed by atoms with Crippen molar-refractivity contribution in [1.29, 1.82) is 0 Å². The van der Waals surface area contributed by atoms with Crippen LogP contribution in [0.4, 0.5) is 23.2 Å². The molecule has 3 N–H and O–H groups in total. The number of anilines is 1. The summed E-state index contributed by atoms with van der Waals surface area (Å²) in [5, 5.41) is 33.2. The molecular formula is C23H26F4N2O6. The van der Waals surface area contributed by atoms with Crippen LogP contribution in [0.2, 0.25) is 0 Å².